The van der Waals surface area contributed by atoms with Crippen molar-refractivity contribution in [2.24, 2.45) is 0 Å². The van der Waals surface area contributed by atoms with Crippen molar-refractivity contribution in [2.75, 3.05) is 0 Å². The van der Waals surface area contributed by atoms with E-state index >= 15 is 0 Å². The van der Waals surface area contributed by atoms with Gasteiger partial charge < -0.3 is 0 Å². The molecule has 1 aliphatic carbocycles. The zero-order valence-corrected chi connectivity index (χ0v) is 34.9. The van der Waals surface area contributed by atoms with Gasteiger partial charge in [-0.15, -0.1) is 0 Å². The summed E-state index contributed by atoms with van der Waals surface area (Å²) in [6.07, 6.45) is 0.813. The van der Waals surface area contributed by atoms with Crippen molar-refractivity contribution < 1.29 is 0 Å². The van der Waals surface area contributed by atoms with Gasteiger partial charge in [0.15, 0.2) is 17.5 Å². The summed E-state index contributed by atoms with van der Waals surface area (Å²) in [7, 11) is 0. The predicted molar refractivity (Wildman–Crippen MR) is 257 cm³/mol. The second-order valence-electron chi connectivity index (χ2n) is 16.0. The lowest BCUT2D eigenvalue weighted by Gasteiger charge is -2.34. The molecule has 0 saturated heterocycles. The number of pyridine rings is 1. The summed E-state index contributed by atoms with van der Waals surface area (Å²) in [6.45, 7) is 2.22. The summed E-state index contributed by atoms with van der Waals surface area (Å²) in [5.41, 5.74) is 16.5. The third kappa shape index (κ3) is 6.55. The fourth-order valence-corrected chi connectivity index (χ4v) is 9.59. The average molecular weight is 807 g/mol. The van der Waals surface area contributed by atoms with Crippen LogP contribution in [-0.4, -0.2) is 19.9 Å². The van der Waals surface area contributed by atoms with Gasteiger partial charge in [0.05, 0.1) is 16.8 Å². The Labute approximate surface area is 368 Å². The topological polar surface area (TPSA) is 51.6 Å². The Hall–Kier alpha value is -8.08. The van der Waals surface area contributed by atoms with Gasteiger partial charge in [0.25, 0.3) is 0 Å². The highest BCUT2D eigenvalue weighted by molar-refractivity contribution is 5.95. The summed E-state index contributed by atoms with van der Waals surface area (Å²) < 4.78 is 0. The molecule has 2 aromatic heterocycles. The number of fused-ring (bicyclic) bond motifs is 3. The first kappa shape index (κ1) is 37.9. The first-order valence-corrected chi connectivity index (χ1v) is 21.6. The molecule has 4 nitrogen and oxygen atoms in total. The maximum absolute atomic E-state index is 5.71. The molecule has 0 amide bonds. The molecule has 2 heterocycles. The first-order chi connectivity index (χ1) is 31.2. The van der Waals surface area contributed by atoms with Gasteiger partial charge in [0, 0.05) is 27.8 Å². The molecular weight excluding hydrogens is 765 g/mol. The highest BCUT2D eigenvalue weighted by atomic mass is 15.0. The van der Waals surface area contributed by atoms with Crippen LogP contribution in [0.25, 0.3) is 78.9 Å². The van der Waals surface area contributed by atoms with E-state index < -0.39 is 5.41 Å². The molecular formula is C59H42N4. The highest BCUT2D eigenvalue weighted by Gasteiger charge is 2.46. The van der Waals surface area contributed by atoms with Gasteiger partial charge >= 0.3 is 0 Å². The number of aromatic nitrogens is 4. The summed E-state index contributed by atoms with van der Waals surface area (Å²) in [5, 5.41) is 0. The largest absolute Gasteiger partial charge is 0.247 e. The van der Waals surface area contributed by atoms with Crippen LogP contribution >= 0.6 is 0 Å². The molecule has 1 aliphatic rings. The molecule has 0 fully saturated rings. The van der Waals surface area contributed by atoms with Crippen LogP contribution in [0.3, 0.4) is 0 Å². The lowest BCUT2D eigenvalue weighted by atomic mass is 9.67. The number of nitrogens with zero attached hydrogens (tertiary/aromatic N) is 4. The molecule has 0 bridgehead atoms. The lowest BCUT2D eigenvalue weighted by Crippen LogP contribution is -2.28. The van der Waals surface area contributed by atoms with Crippen LogP contribution in [0, 0.1) is 0 Å². The van der Waals surface area contributed by atoms with Crippen molar-refractivity contribution in [1.82, 2.24) is 19.9 Å². The fraction of sp³-hybridized carbons (Fsp3) is 0.0508. The predicted octanol–water partition coefficient (Wildman–Crippen LogP) is 14.2. The zero-order valence-electron chi connectivity index (χ0n) is 34.9. The minimum Gasteiger partial charge on any atom is -0.247 e. The molecule has 10 aromatic rings. The molecule has 0 spiro atoms. The van der Waals surface area contributed by atoms with Gasteiger partial charge in [-0.2, -0.15) is 0 Å². The molecule has 4 heteroatoms. The molecule has 0 saturated carbocycles. The SMILES string of the molecule is CCc1c(-c2ccccc2)cc(-c2cc3c(cc2-c2nc(-c4ccccc4)nc(-c4ccccc4)n2)-c2ccccc2C3(c2ccccc2)c2ccccc2)nc1-c1ccccc1. The number of benzene rings is 8. The second-order valence-corrected chi connectivity index (χ2v) is 16.0. The Bertz CT molecular complexity index is 3070. The number of hydrogen-bond donors (Lipinski definition) is 0. The minimum atomic E-state index is -0.626. The van der Waals surface area contributed by atoms with Crippen LogP contribution in [0.2, 0.25) is 0 Å². The molecule has 11 rings (SSSR count). The molecule has 0 radical (unpaired) electrons. The van der Waals surface area contributed by atoms with Crippen LogP contribution < -0.4 is 0 Å². The second kappa shape index (κ2) is 16.1. The third-order valence-corrected chi connectivity index (χ3v) is 12.4. The van der Waals surface area contributed by atoms with Gasteiger partial charge in [0.1, 0.15) is 0 Å². The molecule has 0 unspecified atom stereocenters. The van der Waals surface area contributed by atoms with Crippen LogP contribution in [0.4, 0.5) is 0 Å². The first-order valence-electron chi connectivity index (χ1n) is 21.6. The van der Waals surface area contributed by atoms with Crippen LogP contribution in [0.5, 0.6) is 0 Å². The molecule has 0 N–H and O–H groups in total. The Morgan fingerprint density at radius 1 is 0.333 bits per heavy atom. The zero-order chi connectivity index (χ0) is 42.2. The normalized spacial score (nSPS) is 12.4. The third-order valence-electron chi connectivity index (χ3n) is 12.4. The van der Waals surface area contributed by atoms with Crippen molar-refractivity contribution in [3.05, 3.63) is 252 Å². The number of rotatable bonds is 9. The smallest absolute Gasteiger partial charge is 0.164 e. The Morgan fingerprint density at radius 3 is 1.33 bits per heavy atom. The lowest BCUT2D eigenvalue weighted by molar-refractivity contribution is 0.768. The molecule has 298 valence electrons. The summed E-state index contributed by atoms with van der Waals surface area (Å²) >= 11 is 0. The van der Waals surface area contributed by atoms with E-state index in [1.165, 1.54) is 33.4 Å². The molecule has 63 heavy (non-hydrogen) atoms. The molecule has 8 aromatic carbocycles. The Kier molecular flexibility index (Phi) is 9.67. The van der Waals surface area contributed by atoms with Gasteiger partial charge in [-0.1, -0.05) is 213 Å². The van der Waals surface area contributed by atoms with E-state index in [1.54, 1.807) is 0 Å². The van der Waals surface area contributed by atoms with Crippen molar-refractivity contribution in [3.8, 4) is 78.9 Å². The number of hydrogen-bond acceptors (Lipinski definition) is 4. The van der Waals surface area contributed by atoms with Gasteiger partial charge in [-0.3, -0.25) is 0 Å². The summed E-state index contributed by atoms with van der Waals surface area (Å²) in [4.78, 5) is 21.5. The van der Waals surface area contributed by atoms with Crippen LogP contribution in [0.15, 0.2) is 224 Å². The van der Waals surface area contributed by atoms with Crippen molar-refractivity contribution >= 4 is 0 Å². The minimum absolute atomic E-state index is 0.582. The maximum Gasteiger partial charge on any atom is 0.164 e. The fourth-order valence-electron chi connectivity index (χ4n) is 9.59. The van der Waals surface area contributed by atoms with Crippen LogP contribution in [0.1, 0.15) is 34.7 Å². The van der Waals surface area contributed by atoms with E-state index in [9.17, 15) is 0 Å². The Morgan fingerprint density at radius 2 is 0.794 bits per heavy atom. The molecule has 0 atom stereocenters. The van der Waals surface area contributed by atoms with E-state index in [0.29, 0.717) is 17.5 Å². The maximum atomic E-state index is 5.71. The molecule has 0 aliphatic heterocycles. The van der Waals surface area contributed by atoms with E-state index in [4.69, 9.17) is 19.9 Å². The van der Waals surface area contributed by atoms with E-state index in [-0.39, 0.29) is 0 Å². The van der Waals surface area contributed by atoms with Gasteiger partial charge in [-0.05, 0) is 74.7 Å². The average Bonchev–Trinajstić information content (AvgIpc) is 3.67. The van der Waals surface area contributed by atoms with Crippen molar-refractivity contribution in [1.29, 1.82) is 0 Å². The Balaban J connectivity index is 1.29. The van der Waals surface area contributed by atoms with E-state index in [0.717, 1.165) is 62.3 Å². The van der Waals surface area contributed by atoms with E-state index in [1.807, 2.05) is 36.4 Å². The van der Waals surface area contributed by atoms with Crippen molar-refractivity contribution in [2.45, 2.75) is 18.8 Å². The van der Waals surface area contributed by atoms with E-state index in [2.05, 4.69) is 195 Å². The quantitative estimate of drug-likeness (QED) is 0.146. The summed E-state index contributed by atoms with van der Waals surface area (Å²) in [6, 6.07) is 79.5. The van der Waals surface area contributed by atoms with Gasteiger partial charge in [-0.25, -0.2) is 19.9 Å². The highest BCUT2D eigenvalue weighted by Crippen LogP contribution is 2.58. The van der Waals surface area contributed by atoms with Crippen LogP contribution in [-0.2, 0) is 11.8 Å². The van der Waals surface area contributed by atoms with Gasteiger partial charge in [0.2, 0.25) is 0 Å². The van der Waals surface area contributed by atoms with Crippen molar-refractivity contribution in [3.63, 3.8) is 0 Å². The standard InChI is InChI=1S/C59H42N4/c1-2-46-48(40-23-9-3-10-24-40)39-54(60-55(46)41-25-11-4-12-26-41)50-38-53-49(47-35-21-22-36-52(47)59(53,44-31-17-7-18-32-44)45-33-19-8-20-34-45)37-51(50)58-62-56(42-27-13-5-14-28-42)61-57(63-58)43-29-15-6-16-30-43/h3-39H,2H2,1H3. The summed E-state index contributed by atoms with van der Waals surface area (Å²) in [5.74, 6) is 1.80. The monoisotopic (exact) mass is 806 g/mol.